The maximum atomic E-state index is 4.59. The van der Waals surface area contributed by atoms with Gasteiger partial charge in [-0.15, -0.1) is 0 Å². The SMILES string of the molecule is CCC(C)N(C)CCNC(=NC)N(C)Cc1cn(C)nc1C(C)C. The summed E-state index contributed by atoms with van der Waals surface area (Å²) in [7, 11) is 8.06. The van der Waals surface area contributed by atoms with Crippen LogP contribution in [0.1, 0.15) is 51.3 Å². The van der Waals surface area contributed by atoms with Gasteiger partial charge in [0.2, 0.25) is 0 Å². The van der Waals surface area contributed by atoms with Crippen molar-refractivity contribution in [3.63, 3.8) is 0 Å². The van der Waals surface area contributed by atoms with Crippen LogP contribution in [0.3, 0.4) is 0 Å². The molecule has 6 heteroatoms. The molecule has 0 spiro atoms. The zero-order valence-corrected chi connectivity index (χ0v) is 16.8. The molecule has 1 N–H and O–H groups in total. The molecular formula is C18H36N6. The predicted octanol–water partition coefficient (Wildman–Crippen LogP) is 2.28. The Hall–Kier alpha value is -1.56. The average Bonchev–Trinajstić information content (AvgIpc) is 2.90. The Morgan fingerprint density at radius 1 is 1.33 bits per heavy atom. The first-order valence-corrected chi connectivity index (χ1v) is 8.94. The van der Waals surface area contributed by atoms with Crippen LogP contribution in [0.15, 0.2) is 11.2 Å². The summed E-state index contributed by atoms with van der Waals surface area (Å²) in [5, 5.41) is 8.05. The van der Waals surface area contributed by atoms with E-state index in [0.29, 0.717) is 12.0 Å². The highest BCUT2D eigenvalue weighted by atomic mass is 15.3. The Bertz CT molecular complexity index is 520. The van der Waals surface area contributed by atoms with Crippen molar-refractivity contribution < 1.29 is 0 Å². The molecule has 1 atom stereocenters. The maximum absolute atomic E-state index is 4.59. The van der Waals surface area contributed by atoms with Crippen molar-refractivity contribution >= 4 is 5.96 Å². The van der Waals surface area contributed by atoms with Gasteiger partial charge in [0.05, 0.1) is 5.69 Å². The standard InChI is InChI=1S/C18H36N6/c1-9-15(4)22(6)11-10-20-18(19-5)23(7)12-16-13-24(8)21-17(16)14(2)3/h13-15H,9-12H2,1-8H3,(H,19,20). The topological polar surface area (TPSA) is 48.7 Å². The molecule has 1 unspecified atom stereocenters. The van der Waals surface area contributed by atoms with E-state index in [1.165, 1.54) is 12.0 Å². The number of aromatic nitrogens is 2. The van der Waals surface area contributed by atoms with Gasteiger partial charge in [0.25, 0.3) is 0 Å². The Balaban J connectivity index is 2.60. The van der Waals surface area contributed by atoms with Gasteiger partial charge in [-0.2, -0.15) is 5.10 Å². The zero-order valence-electron chi connectivity index (χ0n) is 16.8. The summed E-state index contributed by atoms with van der Waals surface area (Å²) >= 11 is 0. The molecule has 1 heterocycles. The first-order chi connectivity index (χ1) is 11.3. The second-order valence-electron chi connectivity index (χ2n) is 6.94. The van der Waals surface area contributed by atoms with Crippen molar-refractivity contribution in [1.29, 1.82) is 0 Å². The normalized spacial score (nSPS) is 13.7. The van der Waals surface area contributed by atoms with Crippen molar-refractivity contribution in [2.45, 2.75) is 52.6 Å². The monoisotopic (exact) mass is 336 g/mol. The number of aryl methyl sites for hydroxylation is 1. The number of aliphatic imine (C=N–C) groups is 1. The zero-order chi connectivity index (χ0) is 18.3. The molecule has 1 aromatic rings. The lowest BCUT2D eigenvalue weighted by Gasteiger charge is -2.26. The molecule has 0 aliphatic carbocycles. The van der Waals surface area contributed by atoms with E-state index in [2.05, 4.69) is 73.2 Å². The van der Waals surface area contributed by atoms with Gasteiger partial charge < -0.3 is 15.1 Å². The van der Waals surface area contributed by atoms with E-state index in [1.807, 2.05) is 18.8 Å². The number of guanidine groups is 1. The minimum Gasteiger partial charge on any atom is -0.355 e. The van der Waals surface area contributed by atoms with Gasteiger partial charge in [-0.1, -0.05) is 20.8 Å². The van der Waals surface area contributed by atoms with Gasteiger partial charge in [-0.05, 0) is 26.3 Å². The van der Waals surface area contributed by atoms with E-state index in [0.717, 1.165) is 31.3 Å². The van der Waals surface area contributed by atoms with Gasteiger partial charge in [-0.25, -0.2) is 0 Å². The molecule has 0 amide bonds. The fourth-order valence-electron chi connectivity index (χ4n) is 2.75. The molecule has 24 heavy (non-hydrogen) atoms. The van der Waals surface area contributed by atoms with Crippen LogP contribution < -0.4 is 5.32 Å². The van der Waals surface area contributed by atoms with Gasteiger partial charge in [0.1, 0.15) is 0 Å². The fourth-order valence-corrected chi connectivity index (χ4v) is 2.75. The van der Waals surface area contributed by atoms with Crippen molar-refractivity contribution in [2.75, 3.05) is 34.2 Å². The van der Waals surface area contributed by atoms with Gasteiger partial charge in [-0.3, -0.25) is 9.67 Å². The van der Waals surface area contributed by atoms with Crippen LogP contribution in [0.5, 0.6) is 0 Å². The summed E-state index contributed by atoms with van der Waals surface area (Å²) in [6, 6.07) is 0.607. The Kier molecular flexibility index (Phi) is 8.25. The molecular weight excluding hydrogens is 300 g/mol. The quantitative estimate of drug-likeness (QED) is 0.584. The third-order valence-electron chi connectivity index (χ3n) is 4.56. The molecule has 6 nitrogen and oxygen atoms in total. The van der Waals surface area contributed by atoms with Crippen molar-refractivity contribution in [3.05, 3.63) is 17.5 Å². The first-order valence-electron chi connectivity index (χ1n) is 8.94. The van der Waals surface area contributed by atoms with E-state index in [4.69, 9.17) is 0 Å². The Morgan fingerprint density at radius 3 is 2.54 bits per heavy atom. The third-order valence-corrected chi connectivity index (χ3v) is 4.56. The van der Waals surface area contributed by atoms with E-state index < -0.39 is 0 Å². The smallest absolute Gasteiger partial charge is 0.193 e. The van der Waals surface area contributed by atoms with Crippen molar-refractivity contribution in [3.8, 4) is 0 Å². The summed E-state index contributed by atoms with van der Waals surface area (Å²) < 4.78 is 1.90. The number of nitrogens with zero attached hydrogens (tertiary/aromatic N) is 5. The third kappa shape index (κ3) is 5.82. The first kappa shape index (κ1) is 20.5. The maximum Gasteiger partial charge on any atom is 0.193 e. The van der Waals surface area contributed by atoms with E-state index >= 15 is 0 Å². The summed E-state index contributed by atoms with van der Waals surface area (Å²) in [6.45, 7) is 11.6. The lowest BCUT2D eigenvalue weighted by Crippen LogP contribution is -2.43. The lowest BCUT2D eigenvalue weighted by molar-refractivity contribution is 0.255. The van der Waals surface area contributed by atoms with Crippen LogP contribution in [0.2, 0.25) is 0 Å². The minimum atomic E-state index is 0.425. The molecule has 1 rings (SSSR count). The van der Waals surface area contributed by atoms with Gasteiger partial charge in [0.15, 0.2) is 5.96 Å². The summed E-state index contributed by atoms with van der Waals surface area (Å²) in [5.74, 6) is 1.35. The Labute approximate surface area is 147 Å². The molecule has 0 fully saturated rings. The molecule has 0 saturated heterocycles. The minimum absolute atomic E-state index is 0.425. The summed E-state index contributed by atoms with van der Waals surface area (Å²) in [5.41, 5.74) is 2.42. The van der Waals surface area contributed by atoms with Crippen LogP contribution >= 0.6 is 0 Å². The second kappa shape index (κ2) is 9.67. The Morgan fingerprint density at radius 2 is 2.00 bits per heavy atom. The highest BCUT2D eigenvalue weighted by Crippen LogP contribution is 2.18. The second-order valence-corrected chi connectivity index (χ2v) is 6.94. The van der Waals surface area contributed by atoms with E-state index in [1.54, 1.807) is 0 Å². The van der Waals surface area contributed by atoms with Crippen LogP contribution in [0, 0.1) is 0 Å². The molecule has 0 aromatic carbocycles. The number of rotatable bonds is 8. The molecule has 0 bridgehead atoms. The van der Waals surface area contributed by atoms with E-state index in [-0.39, 0.29) is 0 Å². The van der Waals surface area contributed by atoms with Gasteiger partial charge >= 0.3 is 0 Å². The van der Waals surface area contributed by atoms with Crippen LogP contribution in [-0.4, -0.2) is 65.8 Å². The van der Waals surface area contributed by atoms with Crippen LogP contribution in [-0.2, 0) is 13.6 Å². The summed E-state index contributed by atoms with van der Waals surface area (Å²) in [6.07, 6.45) is 3.28. The highest BCUT2D eigenvalue weighted by molar-refractivity contribution is 5.79. The highest BCUT2D eigenvalue weighted by Gasteiger charge is 2.15. The van der Waals surface area contributed by atoms with Crippen LogP contribution in [0.4, 0.5) is 0 Å². The molecule has 0 aliphatic rings. The van der Waals surface area contributed by atoms with Crippen molar-refractivity contribution in [2.24, 2.45) is 12.0 Å². The number of likely N-dealkylation sites (N-methyl/N-ethyl adjacent to an activating group) is 1. The number of hydrogen-bond acceptors (Lipinski definition) is 3. The predicted molar refractivity (Wildman–Crippen MR) is 103 cm³/mol. The largest absolute Gasteiger partial charge is 0.355 e. The van der Waals surface area contributed by atoms with Gasteiger partial charge in [0, 0.05) is 58.6 Å². The summed E-state index contributed by atoms with van der Waals surface area (Å²) in [4.78, 5) is 8.95. The molecule has 1 aromatic heterocycles. The molecule has 138 valence electrons. The fraction of sp³-hybridized carbons (Fsp3) is 0.778. The molecule has 0 saturated carbocycles. The van der Waals surface area contributed by atoms with Crippen molar-refractivity contribution in [1.82, 2.24) is 24.9 Å². The van der Waals surface area contributed by atoms with E-state index in [9.17, 15) is 0 Å². The van der Waals surface area contributed by atoms with Crippen LogP contribution in [0.25, 0.3) is 0 Å². The molecule has 0 radical (unpaired) electrons. The lowest BCUT2D eigenvalue weighted by atomic mass is 10.1. The number of hydrogen-bond donors (Lipinski definition) is 1. The number of nitrogens with one attached hydrogen (secondary N) is 1. The molecule has 0 aliphatic heterocycles. The average molecular weight is 337 g/mol.